The minimum Gasteiger partial charge on any atom is -0.465 e. The lowest BCUT2D eigenvalue weighted by molar-refractivity contribution is -0.137. The van der Waals surface area contributed by atoms with Crippen molar-refractivity contribution in [3.63, 3.8) is 0 Å². The van der Waals surface area contributed by atoms with Gasteiger partial charge in [0.15, 0.2) is 5.78 Å². The molecule has 0 atom stereocenters. The van der Waals surface area contributed by atoms with Crippen molar-refractivity contribution in [1.29, 1.82) is 0 Å². The topological polar surface area (TPSA) is 43.4 Å². The SMILES string of the molecule is COC(=O)c1ccc2c(c1)C(c1ccccc1C(F)(F)F)=CC2=O. The van der Waals surface area contributed by atoms with Crippen molar-refractivity contribution in [3.8, 4) is 0 Å². The molecule has 3 rings (SSSR count). The summed E-state index contributed by atoms with van der Waals surface area (Å²) in [4.78, 5) is 23.7. The van der Waals surface area contributed by atoms with E-state index in [1.807, 2.05) is 0 Å². The van der Waals surface area contributed by atoms with Crippen LogP contribution in [0.25, 0.3) is 5.57 Å². The highest BCUT2D eigenvalue weighted by molar-refractivity contribution is 6.19. The van der Waals surface area contributed by atoms with Gasteiger partial charge in [0.25, 0.3) is 0 Å². The second kappa shape index (κ2) is 5.63. The normalized spacial score (nSPS) is 13.5. The van der Waals surface area contributed by atoms with E-state index in [-0.39, 0.29) is 22.3 Å². The predicted octanol–water partition coefficient (Wildman–Crippen LogP) is 4.12. The Balaban J connectivity index is 2.19. The number of ketones is 1. The van der Waals surface area contributed by atoms with Gasteiger partial charge < -0.3 is 4.74 Å². The third-order valence-electron chi connectivity index (χ3n) is 3.79. The molecule has 3 nitrogen and oxygen atoms in total. The first-order valence-electron chi connectivity index (χ1n) is 6.98. The lowest BCUT2D eigenvalue weighted by Gasteiger charge is -2.14. The van der Waals surface area contributed by atoms with Gasteiger partial charge in [-0.3, -0.25) is 4.79 Å². The Morgan fingerprint density at radius 1 is 1.00 bits per heavy atom. The van der Waals surface area contributed by atoms with Crippen LogP contribution in [0.3, 0.4) is 0 Å². The maximum atomic E-state index is 13.3. The Labute approximate surface area is 135 Å². The van der Waals surface area contributed by atoms with Crippen molar-refractivity contribution in [3.05, 3.63) is 76.4 Å². The summed E-state index contributed by atoms with van der Waals surface area (Å²) in [6, 6.07) is 9.24. The van der Waals surface area contributed by atoms with Gasteiger partial charge in [-0.2, -0.15) is 13.2 Å². The van der Waals surface area contributed by atoms with Gasteiger partial charge in [0, 0.05) is 5.56 Å². The lowest BCUT2D eigenvalue weighted by atomic mass is 9.93. The number of hydrogen-bond donors (Lipinski definition) is 0. The molecule has 2 aromatic carbocycles. The molecule has 0 unspecified atom stereocenters. The van der Waals surface area contributed by atoms with Crippen LogP contribution in [-0.4, -0.2) is 18.9 Å². The summed E-state index contributed by atoms with van der Waals surface area (Å²) in [5.41, 5.74) is -0.0660. The Hall–Kier alpha value is -2.89. The van der Waals surface area contributed by atoms with Crippen molar-refractivity contribution in [2.75, 3.05) is 7.11 Å². The van der Waals surface area contributed by atoms with Gasteiger partial charge in [0.2, 0.25) is 0 Å². The molecular weight excluding hydrogens is 321 g/mol. The summed E-state index contributed by atoms with van der Waals surface area (Å²) in [6.07, 6.45) is -3.39. The molecule has 0 radical (unpaired) electrons. The number of carbonyl (C=O) groups is 2. The number of allylic oxidation sites excluding steroid dienone is 1. The first-order valence-corrected chi connectivity index (χ1v) is 6.98. The number of benzene rings is 2. The van der Waals surface area contributed by atoms with Gasteiger partial charge in [-0.05, 0) is 47.0 Å². The molecule has 0 saturated carbocycles. The monoisotopic (exact) mass is 332 g/mol. The second-order valence-corrected chi connectivity index (χ2v) is 5.22. The molecule has 0 spiro atoms. The number of hydrogen-bond acceptors (Lipinski definition) is 3. The van der Waals surface area contributed by atoms with Crippen LogP contribution in [0, 0.1) is 0 Å². The van der Waals surface area contributed by atoms with Crippen LogP contribution in [0.1, 0.15) is 37.4 Å². The Morgan fingerprint density at radius 2 is 1.71 bits per heavy atom. The third kappa shape index (κ3) is 2.60. The summed E-state index contributed by atoms with van der Waals surface area (Å²) >= 11 is 0. The summed E-state index contributed by atoms with van der Waals surface area (Å²) in [6.45, 7) is 0. The molecule has 24 heavy (non-hydrogen) atoms. The predicted molar refractivity (Wildman–Crippen MR) is 80.6 cm³/mol. The summed E-state index contributed by atoms with van der Waals surface area (Å²) in [5, 5.41) is 0. The highest BCUT2D eigenvalue weighted by atomic mass is 19.4. The number of carbonyl (C=O) groups excluding carboxylic acids is 2. The molecule has 0 saturated heterocycles. The Bertz CT molecular complexity index is 879. The molecule has 1 aliphatic carbocycles. The summed E-state index contributed by atoms with van der Waals surface area (Å²) in [5.74, 6) is -1.02. The zero-order valence-corrected chi connectivity index (χ0v) is 12.5. The Kier molecular flexibility index (Phi) is 3.75. The number of ether oxygens (including phenoxy) is 1. The van der Waals surface area contributed by atoms with E-state index in [2.05, 4.69) is 4.74 Å². The van der Waals surface area contributed by atoms with Crippen LogP contribution in [0.2, 0.25) is 0 Å². The van der Waals surface area contributed by atoms with E-state index >= 15 is 0 Å². The van der Waals surface area contributed by atoms with Crippen molar-refractivity contribution in [2.45, 2.75) is 6.18 Å². The molecule has 0 aromatic heterocycles. The highest BCUT2D eigenvalue weighted by Gasteiger charge is 2.35. The minimum atomic E-state index is -4.55. The van der Waals surface area contributed by atoms with Gasteiger partial charge in [0.05, 0.1) is 18.2 Å². The Morgan fingerprint density at radius 3 is 2.38 bits per heavy atom. The van der Waals surface area contributed by atoms with E-state index in [9.17, 15) is 22.8 Å². The van der Waals surface area contributed by atoms with Gasteiger partial charge >= 0.3 is 12.1 Å². The van der Waals surface area contributed by atoms with E-state index in [0.29, 0.717) is 5.56 Å². The molecular formula is C18H11F3O3. The van der Waals surface area contributed by atoms with Crippen LogP contribution in [0.4, 0.5) is 13.2 Å². The zero-order valence-electron chi connectivity index (χ0n) is 12.5. The smallest absolute Gasteiger partial charge is 0.417 e. The molecule has 0 heterocycles. The average Bonchev–Trinajstić information content (AvgIpc) is 2.89. The van der Waals surface area contributed by atoms with Crippen LogP contribution >= 0.6 is 0 Å². The molecule has 0 amide bonds. The third-order valence-corrected chi connectivity index (χ3v) is 3.79. The minimum absolute atomic E-state index is 0.0980. The number of halogens is 3. The van der Waals surface area contributed by atoms with E-state index < -0.39 is 23.5 Å². The zero-order chi connectivity index (χ0) is 17.5. The fourth-order valence-corrected chi connectivity index (χ4v) is 2.70. The molecule has 0 N–H and O–H groups in total. The van der Waals surface area contributed by atoms with Crippen LogP contribution < -0.4 is 0 Å². The second-order valence-electron chi connectivity index (χ2n) is 5.22. The summed E-state index contributed by atoms with van der Waals surface area (Å²) < 4.78 is 44.4. The van der Waals surface area contributed by atoms with E-state index in [0.717, 1.165) is 12.1 Å². The highest BCUT2D eigenvalue weighted by Crippen LogP contribution is 2.40. The van der Waals surface area contributed by atoms with Gasteiger partial charge in [-0.25, -0.2) is 4.79 Å². The van der Waals surface area contributed by atoms with Crippen molar-refractivity contribution >= 4 is 17.3 Å². The standard InChI is InChI=1S/C18H11F3O3/c1-24-17(23)10-6-7-12-13(8-10)14(9-16(12)22)11-4-2-3-5-15(11)18(19,20)21/h2-9H,1H3. The van der Waals surface area contributed by atoms with E-state index in [1.54, 1.807) is 0 Å². The largest absolute Gasteiger partial charge is 0.465 e. The number of rotatable bonds is 2. The van der Waals surface area contributed by atoms with Crippen LogP contribution in [0.5, 0.6) is 0 Å². The molecule has 0 bridgehead atoms. The summed E-state index contributed by atoms with van der Waals surface area (Å²) in [7, 11) is 1.20. The van der Waals surface area contributed by atoms with Crippen molar-refractivity contribution in [2.24, 2.45) is 0 Å². The first-order chi connectivity index (χ1) is 11.3. The molecule has 122 valence electrons. The quantitative estimate of drug-likeness (QED) is 0.777. The first kappa shape index (κ1) is 16.0. The van der Waals surface area contributed by atoms with Gasteiger partial charge in [0.1, 0.15) is 0 Å². The molecule has 0 fully saturated rings. The van der Waals surface area contributed by atoms with Crippen LogP contribution in [-0.2, 0) is 10.9 Å². The molecule has 0 aliphatic heterocycles. The van der Waals surface area contributed by atoms with Gasteiger partial charge in [-0.15, -0.1) is 0 Å². The number of methoxy groups -OCH3 is 1. The van der Waals surface area contributed by atoms with Crippen molar-refractivity contribution in [1.82, 2.24) is 0 Å². The van der Waals surface area contributed by atoms with E-state index in [1.165, 1.54) is 43.5 Å². The number of alkyl halides is 3. The number of esters is 1. The number of fused-ring (bicyclic) bond motifs is 1. The van der Waals surface area contributed by atoms with E-state index in [4.69, 9.17) is 0 Å². The molecule has 6 heteroatoms. The lowest BCUT2D eigenvalue weighted by Crippen LogP contribution is -2.09. The fraction of sp³-hybridized carbons (Fsp3) is 0.111. The van der Waals surface area contributed by atoms with Crippen LogP contribution in [0.15, 0.2) is 48.5 Å². The average molecular weight is 332 g/mol. The maximum absolute atomic E-state index is 13.3. The molecule has 1 aliphatic rings. The maximum Gasteiger partial charge on any atom is 0.417 e. The van der Waals surface area contributed by atoms with Crippen molar-refractivity contribution < 1.29 is 27.5 Å². The fourth-order valence-electron chi connectivity index (χ4n) is 2.70. The van der Waals surface area contributed by atoms with Gasteiger partial charge in [-0.1, -0.05) is 18.2 Å². The molecule has 2 aromatic rings.